The molecule has 1 heterocycles. The second kappa shape index (κ2) is 6.18. The van der Waals surface area contributed by atoms with E-state index in [-0.39, 0.29) is 11.8 Å². The number of hydrogen-bond donors (Lipinski definition) is 1. The number of hydrogen-bond acceptors (Lipinski definition) is 3. The summed E-state index contributed by atoms with van der Waals surface area (Å²) in [5.41, 5.74) is 9.75. The lowest BCUT2D eigenvalue weighted by Gasteiger charge is -2.15. The van der Waals surface area contributed by atoms with Crippen LogP contribution in [0.2, 0.25) is 0 Å². The van der Waals surface area contributed by atoms with Gasteiger partial charge in [-0.3, -0.25) is 4.79 Å². The van der Waals surface area contributed by atoms with Gasteiger partial charge in [-0.15, -0.1) is 0 Å². The van der Waals surface area contributed by atoms with Crippen molar-refractivity contribution in [3.63, 3.8) is 0 Å². The van der Waals surface area contributed by atoms with Gasteiger partial charge in [-0.25, -0.2) is 5.01 Å². The molecular formula is C16H23N3O. The van der Waals surface area contributed by atoms with Crippen LogP contribution >= 0.6 is 0 Å². The molecule has 1 aliphatic rings. The van der Waals surface area contributed by atoms with Gasteiger partial charge in [0.25, 0.3) is 5.91 Å². The third kappa shape index (κ3) is 2.90. The van der Waals surface area contributed by atoms with Crippen LogP contribution in [-0.2, 0) is 4.79 Å². The van der Waals surface area contributed by atoms with Crippen LogP contribution in [0.4, 0.5) is 5.69 Å². The van der Waals surface area contributed by atoms with Crippen molar-refractivity contribution in [1.82, 2.24) is 0 Å². The fraction of sp³-hybridized carbons (Fsp3) is 0.500. The van der Waals surface area contributed by atoms with Crippen molar-refractivity contribution >= 4 is 17.3 Å². The Morgan fingerprint density at radius 1 is 1.25 bits per heavy atom. The molecule has 0 radical (unpaired) electrons. The molecule has 2 N–H and O–H groups in total. The van der Waals surface area contributed by atoms with Crippen molar-refractivity contribution in [2.75, 3.05) is 11.6 Å². The molecule has 0 saturated carbocycles. The predicted molar refractivity (Wildman–Crippen MR) is 82.9 cm³/mol. The number of anilines is 1. The van der Waals surface area contributed by atoms with Gasteiger partial charge < -0.3 is 5.73 Å². The second-order valence-electron chi connectivity index (χ2n) is 5.47. The molecule has 4 nitrogen and oxygen atoms in total. The molecule has 0 bridgehead atoms. The first-order valence-corrected chi connectivity index (χ1v) is 7.26. The van der Waals surface area contributed by atoms with Crippen molar-refractivity contribution in [2.24, 2.45) is 16.8 Å². The van der Waals surface area contributed by atoms with E-state index in [1.165, 1.54) is 0 Å². The summed E-state index contributed by atoms with van der Waals surface area (Å²) in [6.45, 7) is 6.68. The van der Waals surface area contributed by atoms with Crippen molar-refractivity contribution in [3.8, 4) is 0 Å². The summed E-state index contributed by atoms with van der Waals surface area (Å²) in [5.74, 6) is -0.0790. The zero-order valence-corrected chi connectivity index (χ0v) is 12.5. The first-order valence-electron chi connectivity index (χ1n) is 7.26. The standard InChI is InChI=1S/C16H23N3O/c1-4-5-15-14(6-7-17)16(20)19(18-15)13-9-11(2)8-12(3)10-13/h8-10,14H,4-7,17H2,1-3H3. The molecule has 4 heteroatoms. The molecule has 0 fully saturated rings. The molecule has 1 unspecified atom stereocenters. The first-order chi connectivity index (χ1) is 9.56. The van der Waals surface area contributed by atoms with Gasteiger partial charge in [-0.05, 0) is 56.5 Å². The summed E-state index contributed by atoms with van der Waals surface area (Å²) in [4.78, 5) is 12.6. The van der Waals surface area contributed by atoms with Crippen molar-refractivity contribution in [3.05, 3.63) is 29.3 Å². The average Bonchev–Trinajstić information content (AvgIpc) is 2.67. The van der Waals surface area contributed by atoms with E-state index in [0.29, 0.717) is 13.0 Å². The van der Waals surface area contributed by atoms with Crippen molar-refractivity contribution in [2.45, 2.75) is 40.0 Å². The minimum atomic E-state index is -0.138. The van der Waals surface area contributed by atoms with Crippen LogP contribution in [0.1, 0.15) is 37.3 Å². The Kier molecular flexibility index (Phi) is 4.55. The number of nitrogens with two attached hydrogens (primary N) is 1. The zero-order chi connectivity index (χ0) is 14.7. The number of benzene rings is 1. The van der Waals surface area contributed by atoms with E-state index in [1.807, 2.05) is 26.0 Å². The molecule has 1 aliphatic heterocycles. The smallest absolute Gasteiger partial charge is 0.256 e. The van der Waals surface area contributed by atoms with E-state index in [9.17, 15) is 4.79 Å². The van der Waals surface area contributed by atoms with E-state index >= 15 is 0 Å². The summed E-state index contributed by atoms with van der Waals surface area (Å²) in [6.07, 6.45) is 2.53. The molecule has 20 heavy (non-hydrogen) atoms. The topological polar surface area (TPSA) is 58.7 Å². The Hall–Kier alpha value is -1.68. The Labute approximate surface area is 120 Å². The van der Waals surface area contributed by atoms with Crippen LogP contribution in [0.3, 0.4) is 0 Å². The highest BCUT2D eigenvalue weighted by Gasteiger charge is 2.35. The lowest BCUT2D eigenvalue weighted by Crippen LogP contribution is -2.29. The Bertz CT molecular complexity index is 516. The Morgan fingerprint density at radius 2 is 1.90 bits per heavy atom. The van der Waals surface area contributed by atoms with Gasteiger partial charge in [0.1, 0.15) is 0 Å². The Morgan fingerprint density at radius 3 is 2.45 bits per heavy atom. The molecular weight excluding hydrogens is 250 g/mol. The zero-order valence-electron chi connectivity index (χ0n) is 12.5. The fourth-order valence-electron chi connectivity index (χ4n) is 2.73. The summed E-state index contributed by atoms with van der Waals surface area (Å²) >= 11 is 0. The van der Waals surface area contributed by atoms with Gasteiger partial charge in [-0.2, -0.15) is 5.10 Å². The molecule has 108 valence electrons. The van der Waals surface area contributed by atoms with Crippen LogP contribution in [-0.4, -0.2) is 18.2 Å². The predicted octanol–water partition coefficient (Wildman–Crippen LogP) is 2.77. The highest BCUT2D eigenvalue weighted by Crippen LogP contribution is 2.28. The molecule has 1 aromatic carbocycles. The molecule has 0 aromatic heterocycles. The van der Waals surface area contributed by atoms with E-state index in [2.05, 4.69) is 18.1 Å². The summed E-state index contributed by atoms with van der Waals surface area (Å²) < 4.78 is 0. The van der Waals surface area contributed by atoms with Gasteiger partial charge in [-0.1, -0.05) is 19.4 Å². The molecule has 1 aromatic rings. The van der Waals surface area contributed by atoms with Crippen LogP contribution in [0.5, 0.6) is 0 Å². The van der Waals surface area contributed by atoms with Crippen LogP contribution in [0, 0.1) is 19.8 Å². The van der Waals surface area contributed by atoms with Gasteiger partial charge in [0, 0.05) is 0 Å². The normalized spacial score (nSPS) is 18.6. The number of amides is 1. The fourth-order valence-corrected chi connectivity index (χ4v) is 2.73. The van der Waals surface area contributed by atoms with Gasteiger partial charge in [0.15, 0.2) is 0 Å². The third-order valence-corrected chi connectivity index (χ3v) is 3.55. The Balaban J connectivity index is 2.34. The van der Waals surface area contributed by atoms with Crippen molar-refractivity contribution in [1.29, 1.82) is 0 Å². The van der Waals surface area contributed by atoms with Crippen LogP contribution < -0.4 is 10.7 Å². The SMILES string of the molecule is CCCC1=NN(c2cc(C)cc(C)c2)C(=O)C1CCN. The summed E-state index contributed by atoms with van der Waals surface area (Å²) in [6, 6.07) is 6.10. The molecule has 1 atom stereocenters. The number of carbonyl (C=O) groups is 1. The maximum atomic E-state index is 12.6. The highest BCUT2D eigenvalue weighted by atomic mass is 16.2. The lowest BCUT2D eigenvalue weighted by molar-refractivity contribution is -0.119. The maximum absolute atomic E-state index is 12.6. The van der Waals surface area contributed by atoms with Crippen LogP contribution in [0.25, 0.3) is 0 Å². The highest BCUT2D eigenvalue weighted by molar-refractivity contribution is 6.15. The van der Waals surface area contributed by atoms with E-state index in [1.54, 1.807) is 5.01 Å². The van der Waals surface area contributed by atoms with E-state index < -0.39 is 0 Å². The summed E-state index contributed by atoms with van der Waals surface area (Å²) in [7, 11) is 0. The number of nitrogens with zero attached hydrogens (tertiary/aromatic N) is 2. The lowest BCUT2D eigenvalue weighted by atomic mass is 9.96. The number of hydrazone groups is 1. The average molecular weight is 273 g/mol. The number of aryl methyl sites for hydroxylation is 2. The molecule has 0 aliphatic carbocycles. The van der Waals surface area contributed by atoms with Gasteiger partial charge in [0.05, 0.1) is 17.3 Å². The van der Waals surface area contributed by atoms with E-state index in [4.69, 9.17) is 5.73 Å². The maximum Gasteiger partial charge on any atom is 0.256 e. The van der Waals surface area contributed by atoms with Crippen molar-refractivity contribution < 1.29 is 4.79 Å². The second-order valence-corrected chi connectivity index (χ2v) is 5.47. The number of carbonyl (C=O) groups excluding carboxylic acids is 1. The number of rotatable bonds is 5. The van der Waals surface area contributed by atoms with Crippen LogP contribution in [0.15, 0.2) is 23.3 Å². The largest absolute Gasteiger partial charge is 0.330 e. The summed E-state index contributed by atoms with van der Waals surface area (Å²) in [5, 5.41) is 6.12. The minimum absolute atomic E-state index is 0.0592. The third-order valence-electron chi connectivity index (χ3n) is 3.55. The monoisotopic (exact) mass is 273 g/mol. The van der Waals surface area contributed by atoms with E-state index in [0.717, 1.165) is 35.4 Å². The molecule has 1 amide bonds. The minimum Gasteiger partial charge on any atom is -0.330 e. The quantitative estimate of drug-likeness (QED) is 0.896. The molecule has 2 rings (SSSR count). The van der Waals surface area contributed by atoms with Gasteiger partial charge >= 0.3 is 0 Å². The molecule has 0 saturated heterocycles. The first kappa shape index (κ1) is 14.7. The van der Waals surface area contributed by atoms with Gasteiger partial charge in [0.2, 0.25) is 0 Å². The molecule has 0 spiro atoms.